The monoisotopic (exact) mass is 253 g/mol. The van der Waals surface area contributed by atoms with Gasteiger partial charge in [0, 0.05) is 11.8 Å². The number of nitrogen functional groups attached to an aromatic ring is 1. The van der Waals surface area contributed by atoms with Crippen LogP contribution >= 0.6 is 11.8 Å². The zero-order chi connectivity index (χ0) is 13.1. The third kappa shape index (κ3) is 3.63. The number of hydrogen-bond donors (Lipinski definition) is 1. The topological polar surface area (TPSA) is 80.5 Å². The molecule has 0 amide bonds. The lowest BCUT2D eigenvalue weighted by molar-refractivity contribution is 0.481. The highest BCUT2D eigenvalue weighted by atomic mass is 32.2. The van der Waals surface area contributed by atoms with Crippen molar-refractivity contribution in [3.63, 3.8) is 0 Å². The Bertz CT molecular complexity index is 416. The van der Waals surface area contributed by atoms with Gasteiger partial charge in [-0.25, -0.2) is 0 Å². The number of thioether (sulfide) groups is 1. The fourth-order valence-corrected chi connectivity index (χ4v) is 2.66. The molecule has 17 heavy (non-hydrogen) atoms. The molecular weight excluding hydrogens is 234 g/mol. The normalized spacial score (nSPS) is 11.8. The SMILES string of the molecule is CC(C)n1c(N)nnc1SCCC(C)(C)C#N. The molecule has 0 aromatic carbocycles. The number of hydrogen-bond acceptors (Lipinski definition) is 5. The Labute approximate surface area is 106 Å². The smallest absolute Gasteiger partial charge is 0.222 e. The maximum atomic E-state index is 8.93. The molecule has 0 atom stereocenters. The van der Waals surface area contributed by atoms with Crippen LogP contribution < -0.4 is 5.73 Å². The Morgan fingerprint density at radius 2 is 2.12 bits per heavy atom. The van der Waals surface area contributed by atoms with Crippen LogP contribution in [0.4, 0.5) is 5.95 Å². The molecule has 0 aliphatic rings. The van der Waals surface area contributed by atoms with Gasteiger partial charge in [0.2, 0.25) is 5.95 Å². The maximum Gasteiger partial charge on any atom is 0.222 e. The van der Waals surface area contributed by atoms with Gasteiger partial charge in [0.25, 0.3) is 0 Å². The molecule has 0 aliphatic carbocycles. The van der Waals surface area contributed by atoms with E-state index in [1.54, 1.807) is 11.8 Å². The minimum Gasteiger partial charge on any atom is -0.368 e. The van der Waals surface area contributed by atoms with Crippen molar-refractivity contribution < 1.29 is 0 Å². The van der Waals surface area contributed by atoms with Crippen LogP contribution in [0, 0.1) is 16.7 Å². The lowest BCUT2D eigenvalue weighted by Gasteiger charge is -2.15. The van der Waals surface area contributed by atoms with Crippen molar-refractivity contribution in [1.29, 1.82) is 5.26 Å². The van der Waals surface area contributed by atoms with Crippen LogP contribution in [0.25, 0.3) is 0 Å². The first-order chi connectivity index (χ1) is 7.87. The third-order valence-corrected chi connectivity index (χ3v) is 3.41. The lowest BCUT2D eigenvalue weighted by Crippen LogP contribution is -2.10. The summed E-state index contributed by atoms with van der Waals surface area (Å²) in [6, 6.07) is 2.54. The highest BCUT2D eigenvalue weighted by Gasteiger charge is 2.18. The van der Waals surface area contributed by atoms with Gasteiger partial charge in [-0.05, 0) is 34.1 Å². The van der Waals surface area contributed by atoms with E-state index in [0.717, 1.165) is 17.3 Å². The number of aromatic nitrogens is 3. The highest BCUT2D eigenvalue weighted by molar-refractivity contribution is 7.99. The van der Waals surface area contributed by atoms with E-state index in [1.165, 1.54) is 0 Å². The molecule has 94 valence electrons. The predicted octanol–water partition coefficient (Wildman–Crippen LogP) is 2.47. The molecular formula is C11H19N5S. The first-order valence-electron chi connectivity index (χ1n) is 5.62. The summed E-state index contributed by atoms with van der Waals surface area (Å²) in [4.78, 5) is 0. The molecule has 0 spiro atoms. The summed E-state index contributed by atoms with van der Waals surface area (Å²) in [5.41, 5.74) is 5.46. The Hall–Kier alpha value is -1.22. The van der Waals surface area contributed by atoms with Crippen LogP contribution in [0.5, 0.6) is 0 Å². The van der Waals surface area contributed by atoms with Gasteiger partial charge in [-0.2, -0.15) is 5.26 Å². The number of rotatable bonds is 5. The molecule has 5 nitrogen and oxygen atoms in total. The van der Waals surface area contributed by atoms with Crippen molar-refractivity contribution >= 4 is 17.7 Å². The number of nitrogens with two attached hydrogens (primary N) is 1. The molecule has 0 saturated carbocycles. The summed E-state index contributed by atoms with van der Waals surface area (Å²) >= 11 is 1.60. The standard InChI is InChI=1S/C11H19N5S/c1-8(2)16-9(13)14-15-10(16)17-6-5-11(3,4)7-12/h8H,5-6H2,1-4H3,(H2,13,14). The molecule has 2 N–H and O–H groups in total. The summed E-state index contributed by atoms with van der Waals surface area (Å²) in [5.74, 6) is 1.29. The maximum absolute atomic E-state index is 8.93. The van der Waals surface area contributed by atoms with Gasteiger partial charge in [-0.1, -0.05) is 11.8 Å². The van der Waals surface area contributed by atoms with E-state index in [1.807, 2.05) is 32.3 Å². The fourth-order valence-electron chi connectivity index (χ4n) is 1.33. The molecule has 1 aromatic rings. The Balaban J connectivity index is 2.62. The second-order valence-corrected chi connectivity index (χ2v) is 5.96. The van der Waals surface area contributed by atoms with Gasteiger partial charge >= 0.3 is 0 Å². The van der Waals surface area contributed by atoms with E-state index in [2.05, 4.69) is 16.3 Å². The minimum absolute atomic E-state index is 0.247. The van der Waals surface area contributed by atoms with Crippen molar-refractivity contribution in [2.75, 3.05) is 11.5 Å². The van der Waals surface area contributed by atoms with Gasteiger partial charge < -0.3 is 5.73 Å². The Kier molecular flexibility index (Phi) is 4.40. The van der Waals surface area contributed by atoms with Crippen LogP contribution in [0.3, 0.4) is 0 Å². The number of anilines is 1. The fraction of sp³-hybridized carbons (Fsp3) is 0.727. The van der Waals surface area contributed by atoms with E-state index < -0.39 is 0 Å². The molecule has 1 rings (SSSR count). The van der Waals surface area contributed by atoms with Crippen molar-refractivity contribution in [2.24, 2.45) is 5.41 Å². The van der Waals surface area contributed by atoms with Gasteiger partial charge in [0.1, 0.15) is 0 Å². The molecule has 6 heteroatoms. The molecule has 0 saturated heterocycles. The van der Waals surface area contributed by atoms with E-state index in [4.69, 9.17) is 11.0 Å². The van der Waals surface area contributed by atoms with Crippen LogP contribution in [-0.4, -0.2) is 20.5 Å². The third-order valence-electron chi connectivity index (χ3n) is 2.47. The van der Waals surface area contributed by atoms with E-state index in [-0.39, 0.29) is 11.5 Å². The minimum atomic E-state index is -0.290. The van der Waals surface area contributed by atoms with E-state index >= 15 is 0 Å². The van der Waals surface area contributed by atoms with Crippen molar-refractivity contribution in [1.82, 2.24) is 14.8 Å². The second-order valence-electron chi connectivity index (χ2n) is 4.90. The van der Waals surface area contributed by atoms with Gasteiger partial charge in [0.15, 0.2) is 5.16 Å². The largest absolute Gasteiger partial charge is 0.368 e. The second kappa shape index (κ2) is 5.41. The summed E-state index contributed by atoms with van der Waals surface area (Å²) in [6.45, 7) is 7.97. The van der Waals surface area contributed by atoms with Crippen molar-refractivity contribution in [2.45, 2.75) is 45.3 Å². The summed E-state index contributed by atoms with van der Waals surface area (Å²) < 4.78 is 1.91. The van der Waals surface area contributed by atoms with Crippen LogP contribution in [0.15, 0.2) is 5.16 Å². The Morgan fingerprint density at radius 1 is 1.47 bits per heavy atom. The quantitative estimate of drug-likeness (QED) is 0.815. The van der Waals surface area contributed by atoms with E-state index in [0.29, 0.717) is 5.95 Å². The van der Waals surface area contributed by atoms with Crippen molar-refractivity contribution in [3.05, 3.63) is 0 Å². The number of nitriles is 1. The number of nitrogens with zero attached hydrogens (tertiary/aromatic N) is 4. The average Bonchev–Trinajstić information content (AvgIpc) is 2.59. The molecule has 1 aromatic heterocycles. The zero-order valence-electron chi connectivity index (χ0n) is 10.8. The lowest BCUT2D eigenvalue weighted by atomic mass is 9.93. The Morgan fingerprint density at radius 3 is 2.65 bits per heavy atom. The summed E-state index contributed by atoms with van der Waals surface area (Å²) in [6.07, 6.45) is 0.818. The molecule has 0 fully saturated rings. The molecule has 0 radical (unpaired) electrons. The molecule has 1 heterocycles. The van der Waals surface area contributed by atoms with Crippen LogP contribution in [-0.2, 0) is 0 Å². The zero-order valence-corrected chi connectivity index (χ0v) is 11.6. The van der Waals surface area contributed by atoms with Crippen molar-refractivity contribution in [3.8, 4) is 6.07 Å². The van der Waals surface area contributed by atoms with Gasteiger partial charge in [-0.3, -0.25) is 4.57 Å². The average molecular weight is 253 g/mol. The first-order valence-corrected chi connectivity index (χ1v) is 6.60. The van der Waals surface area contributed by atoms with Gasteiger partial charge in [0.05, 0.1) is 11.5 Å². The van der Waals surface area contributed by atoms with Gasteiger partial charge in [-0.15, -0.1) is 10.2 Å². The first kappa shape index (κ1) is 13.8. The van der Waals surface area contributed by atoms with Crippen LogP contribution in [0.2, 0.25) is 0 Å². The van der Waals surface area contributed by atoms with Crippen LogP contribution in [0.1, 0.15) is 40.2 Å². The molecule has 0 aliphatic heterocycles. The highest BCUT2D eigenvalue weighted by Crippen LogP contribution is 2.27. The summed E-state index contributed by atoms with van der Waals surface area (Å²) in [7, 11) is 0. The predicted molar refractivity (Wildman–Crippen MR) is 69.6 cm³/mol. The molecule has 0 unspecified atom stereocenters. The summed E-state index contributed by atoms with van der Waals surface area (Å²) in [5, 5.41) is 17.7. The molecule has 0 bridgehead atoms. The van der Waals surface area contributed by atoms with E-state index in [9.17, 15) is 0 Å².